The van der Waals surface area contributed by atoms with Gasteiger partial charge in [-0.25, -0.2) is 0 Å². The molecule has 1 atom stereocenters. The van der Waals surface area contributed by atoms with Crippen LogP contribution in [0.1, 0.15) is 30.7 Å². The van der Waals surface area contributed by atoms with E-state index in [1.54, 1.807) is 23.5 Å². The molecule has 1 aliphatic heterocycles. The van der Waals surface area contributed by atoms with E-state index in [1.807, 2.05) is 12.1 Å². The molecule has 4 nitrogen and oxygen atoms in total. The molecule has 0 saturated carbocycles. The molecule has 26 heavy (non-hydrogen) atoms. The Morgan fingerprint density at radius 3 is 2.77 bits per heavy atom. The van der Waals surface area contributed by atoms with Gasteiger partial charge in [0.15, 0.2) is 6.61 Å². The van der Waals surface area contributed by atoms with Gasteiger partial charge in [-0.1, -0.05) is 36.7 Å². The van der Waals surface area contributed by atoms with Crippen LogP contribution >= 0.6 is 22.9 Å². The first-order valence-corrected chi connectivity index (χ1v) is 10.3. The zero-order valence-corrected chi connectivity index (χ0v) is 16.6. The molecule has 1 aliphatic rings. The standard InChI is InChI=1S/C20H25ClN2O2S/c1-15-8-10-23(11-9-15)17(19-7-4-12-26-19)13-22-20(24)14-25-18-6-3-2-5-16(18)21/h2-7,12,15,17H,8-11,13-14H2,1H3,(H,22,24). The second-order valence-corrected chi connectivity index (χ2v) is 8.16. The molecule has 3 rings (SSSR count). The summed E-state index contributed by atoms with van der Waals surface area (Å²) in [6.07, 6.45) is 2.43. The third-order valence-corrected chi connectivity index (χ3v) is 6.10. The van der Waals surface area contributed by atoms with E-state index >= 15 is 0 Å². The molecule has 2 aromatic rings. The number of nitrogens with zero attached hydrogens (tertiary/aromatic N) is 1. The summed E-state index contributed by atoms with van der Waals surface area (Å²) in [4.78, 5) is 16.0. The number of amides is 1. The van der Waals surface area contributed by atoms with Crippen molar-refractivity contribution in [3.8, 4) is 5.75 Å². The summed E-state index contributed by atoms with van der Waals surface area (Å²) in [5, 5.41) is 5.63. The molecule has 2 heterocycles. The number of rotatable bonds is 7. The van der Waals surface area contributed by atoms with E-state index in [0.717, 1.165) is 19.0 Å². The van der Waals surface area contributed by atoms with Crippen molar-refractivity contribution in [2.75, 3.05) is 26.2 Å². The van der Waals surface area contributed by atoms with Crippen LogP contribution < -0.4 is 10.1 Å². The van der Waals surface area contributed by atoms with Gasteiger partial charge in [-0.2, -0.15) is 0 Å². The van der Waals surface area contributed by atoms with Crippen molar-refractivity contribution in [3.05, 3.63) is 51.7 Å². The number of carbonyl (C=O) groups excluding carboxylic acids is 1. The zero-order valence-electron chi connectivity index (χ0n) is 15.0. The highest BCUT2D eigenvalue weighted by Crippen LogP contribution is 2.29. The van der Waals surface area contributed by atoms with Gasteiger partial charge < -0.3 is 10.1 Å². The number of likely N-dealkylation sites (tertiary alicyclic amines) is 1. The van der Waals surface area contributed by atoms with Gasteiger partial charge in [0.1, 0.15) is 5.75 Å². The first kappa shape index (κ1) is 19.2. The third kappa shape index (κ3) is 5.22. The van der Waals surface area contributed by atoms with E-state index in [2.05, 4.69) is 34.7 Å². The van der Waals surface area contributed by atoms with Crippen molar-refractivity contribution in [1.82, 2.24) is 10.2 Å². The highest BCUT2D eigenvalue weighted by molar-refractivity contribution is 7.10. The Hall–Kier alpha value is -1.56. The van der Waals surface area contributed by atoms with Crippen LogP contribution in [0.25, 0.3) is 0 Å². The number of ether oxygens (including phenoxy) is 1. The maximum Gasteiger partial charge on any atom is 0.258 e. The van der Waals surface area contributed by atoms with Gasteiger partial charge in [-0.15, -0.1) is 11.3 Å². The van der Waals surface area contributed by atoms with Gasteiger partial charge in [0.2, 0.25) is 0 Å². The Bertz CT molecular complexity index is 700. The Morgan fingerprint density at radius 1 is 1.31 bits per heavy atom. The predicted molar refractivity (Wildman–Crippen MR) is 107 cm³/mol. The fourth-order valence-electron chi connectivity index (χ4n) is 3.20. The van der Waals surface area contributed by atoms with Crippen molar-refractivity contribution in [1.29, 1.82) is 0 Å². The molecule has 0 aliphatic carbocycles. The fourth-order valence-corrected chi connectivity index (χ4v) is 4.25. The first-order chi connectivity index (χ1) is 12.6. The monoisotopic (exact) mass is 392 g/mol. The molecular formula is C20H25ClN2O2S. The van der Waals surface area contributed by atoms with Gasteiger partial charge in [-0.3, -0.25) is 9.69 Å². The van der Waals surface area contributed by atoms with Crippen LogP contribution in [-0.4, -0.2) is 37.0 Å². The summed E-state index contributed by atoms with van der Waals surface area (Å²) in [5.41, 5.74) is 0. The van der Waals surface area contributed by atoms with Gasteiger partial charge in [0.05, 0.1) is 11.1 Å². The second-order valence-electron chi connectivity index (χ2n) is 6.77. The van der Waals surface area contributed by atoms with Gasteiger partial charge >= 0.3 is 0 Å². The molecule has 1 aromatic carbocycles. The normalized spacial score (nSPS) is 17.0. The van der Waals surface area contributed by atoms with Crippen LogP contribution in [0.2, 0.25) is 5.02 Å². The van der Waals surface area contributed by atoms with Gasteiger partial charge in [-0.05, 0) is 55.4 Å². The fraction of sp³-hybridized carbons (Fsp3) is 0.450. The van der Waals surface area contributed by atoms with E-state index in [-0.39, 0.29) is 18.6 Å². The number of piperidine rings is 1. The maximum atomic E-state index is 12.2. The summed E-state index contributed by atoms with van der Waals surface area (Å²) in [7, 11) is 0. The molecular weight excluding hydrogens is 368 g/mol. The first-order valence-electron chi connectivity index (χ1n) is 9.05. The molecule has 1 amide bonds. The number of hydrogen-bond acceptors (Lipinski definition) is 4. The lowest BCUT2D eigenvalue weighted by Crippen LogP contribution is -2.42. The predicted octanol–water partition coefficient (Wildman–Crippen LogP) is 4.37. The van der Waals surface area contributed by atoms with Crippen LogP contribution in [0.3, 0.4) is 0 Å². The number of nitrogens with one attached hydrogen (secondary N) is 1. The lowest BCUT2D eigenvalue weighted by molar-refractivity contribution is -0.123. The molecule has 1 saturated heterocycles. The average molecular weight is 393 g/mol. The molecule has 6 heteroatoms. The topological polar surface area (TPSA) is 41.6 Å². The van der Waals surface area contributed by atoms with Crippen LogP contribution in [-0.2, 0) is 4.79 Å². The van der Waals surface area contributed by atoms with Crippen LogP contribution in [0.15, 0.2) is 41.8 Å². The molecule has 1 fully saturated rings. The number of thiophene rings is 1. The van der Waals surface area contributed by atoms with Crippen molar-refractivity contribution in [3.63, 3.8) is 0 Å². The van der Waals surface area contributed by atoms with Crippen LogP contribution in [0.4, 0.5) is 0 Å². The van der Waals surface area contributed by atoms with E-state index in [4.69, 9.17) is 16.3 Å². The number of para-hydroxylation sites is 1. The molecule has 140 valence electrons. The van der Waals surface area contributed by atoms with Crippen molar-refractivity contribution >= 4 is 28.8 Å². The lowest BCUT2D eigenvalue weighted by Gasteiger charge is -2.36. The summed E-state index contributed by atoms with van der Waals surface area (Å²) in [5.74, 6) is 1.19. The maximum absolute atomic E-state index is 12.2. The number of hydrogen-bond donors (Lipinski definition) is 1. The SMILES string of the molecule is CC1CCN(C(CNC(=O)COc2ccccc2Cl)c2cccs2)CC1. The van der Waals surface area contributed by atoms with Crippen LogP contribution in [0.5, 0.6) is 5.75 Å². The summed E-state index contributed by atoms with van der Waals surface area (Å²) in [6, 6.07) is 11.6. The average Bonchev–Trinajstić information content (AvgIpc) is 3.17. The minimum atomic E-state index is -0.128. The zero-order chi connectivity index (χ0) is 18.4. The van der Waals surface area contributed by atoms with Gasteiger partial charge in [0.25, 0.3) is 5.91 Å². The lowest BCUT2D eigenvalue weighted by atomic mass is 9.97. The van der Waals surface area contributed by atoms with Crippen LogP contribution in [0, 0.1) is 5.92 Å². The Balaban J connectivity index is 1.54. The Morgan fingerprint density at radius 2 is 2.08 bits per heavy atom. The smallest absolute Gasteiger partial charge is 0.258 e. The molecule has 1 aromatic heterocycles. The highest BCUT2D eigenvalue weighted by atomic mass is 35.5. The minimum absolute atomic E-state index is 0.0298. The summed E-state index contributed by atoms with van der Waals surface area (Å²) >= 11 is 7.80. The number of halogens is 1. The minimum Gasteiger partial charge on any atom is -0.482 e. The van der Waals surface area contributed by atoms with E-state index < -0.39 is 0 Å². The highest BCUT2D eigenvalue weighted by Gasteiger charge is 2.25. The third-order valence-electron chi connectivity index (χ3n) is 4.82. The van der Waals surface area contributed by atoms with E-state index in [1.165, 1.54) is 17.7 Å². The van der Waals surface area contributed by atoms with Gasteiger partial charge in [0, 0.05) is 11.4 Å². The van der Waals surface area contributed by atoms with E-state index in [0.29, 0.717) is 17.3 Å². The Kier molecular flexibility index (Phi) is 6.94. The summed E-state index contributed by atoms with van der Waals surface area (Å²) in [6.45, 7) is 5.04. The van der Waals surface area contributed by atoms with E-state index in [9.17, 15) is 4.79 Å². The second kappa shape index (κ2) is 9.40. The number of benzene rings is 1. The summed E-state index contributed by atoms with van der Waals surface area (Å²) < 4.78 is 5.53. The molecule has 0 bridgehead atoms. The van der Waals surface area contributed by atoms with Crippen molar-refractivity contribution < 1.29 is 9.53 Å². The van der Waals surface area contributed by atoms with Crippen molar-refractivity contribution in [2.45, 2.75) is 25.8 Å². The van der Waals surface area contributed by atoms with Crippen molar-refractivity contribution in [2.24, 2.45) is 5.92 Å². The molecule has 0 radical (unpaired) electrons. The molecule has 0 spiro atoms. The molecule has 1 unspecified atom stereocenters. The largest absolute Gasteiger partial charge is 0.482 e. The Labute approximate surface area is 164 Å². The molecule has 1 N–H and O–H groups in total. The quantitative estimate of drug-likeness (QED) is 0.760. The number of carbonyl (C=O) groups is 1.